The van der Waals surface area contributed by atoms with Crippen molar-refractivity contribution in [3.8, 4) is 0 Å². The zero-order chi connectivity index (χ0) is 13.1. The Hall–Kier alpha value is -1.000. The van der Waals surface area contributed by atoms with Gasteiger partial charge in [0.2, 0.25) is 5.91 Å². The van der Waals surface area contributed by atoms with Crippen molar-refractivity contribution in [2.45, 2.75) is 32.2 Å². The summed E-state index contributed by atoms with van der Waals surface area (Å²) in [6.07, 6.45) is 2.11. The van der Waals surface area contributed by atoms with Crippen LogP contribution in [0, 0.1) is 6.92 Å². The van der Waals surface area contributed by atoms with Crippen molar-refractivity contribution in [1.29, 1.82) is 0 Å². The third kappa shape index (κ3) is 2.54. The molecule has 98 valence electrons. The van der Waals surface area contributed by atoms with Crippen LogP contribution in [-0.2, 0) is 11.2 Å². The Labute approximate surface area is 113 Å². The molecule has 1 aromatic rings. The lowest BCUT2D eigenvalue weighted by Crippen LogP contribution is -2.41. The lowest BCUT2D eigenvalue weighted by Gasteiger charge is -2.26. The number of aryl methyl sites for hydroxylation is 2. The van der Waals surface area contributed by atoms with E-state index in [0.29, 0.717) is 5.75 Å². The molecule has 0 aromatic heterocycles. The number of carbonyl (C=O) groups is 1. The minimum absolute atomic E-state index is 0.0647. The number of anilines is 1. The molecule has 0 bridgehead atoms. The average molecular weight is 264 g/mol. The van der Waals surface area contributed by atoms with Crippen LogP contribution in [-0.4, -0.2) is 24.2 Å². The van der Waals surface area contributed by atoms with E-state index in [2.05, 4.69) is 37.4 Å². The molecule has 0 radical (unpaired) electrons. The summed E-state index contributed by atoms with van der Waals surface area (Å²) < 4.78 is 0. The van der Waals surface area contributed by atoms with Crippen molar-refractivity contribution in [3.05, 3.63) is 29.3 Å². The van der Waals surface area contributed by atoms with Gasteiger partial charge in [0, 0.05) is 5.69 Å². The average Bonchev–Trinajstić information content (AvgIpc) is 2.73. The second-order valence-corrected chi connectivity index (χ2v) is 5.67. The predicted octanol–water partition coefficient (Wildman–Crippen LogP) is 2.53. The van der Waals surface area contributed by atoms with Gasteiger partial charge >= 0.3 is 0 Å². The predicted molar refractivity (Wildman–Crippen MR) is 78.0 cm³/mol. The molecule has 1 unspecified atom stereocenters. The van der Waals surface area contributed by atoms with Crippen molar-refractivity contribution in [2.24, 2.45) is 0 Å². The molecular formula is C14H20N2OS. The van der Waals surface area contributed by atoms with Crippen molar-refractivity contribution in [1.82, 2.24) is 5.32 Å². The molecule has 1 aromatic carbocycles. The Bertz CT molecular complexity index is 447. The van der Waals surface area contributed by atoms with Crippen molar-refractivity contribution in [2.75, 3.05) is 17.7 Å². The summed E-state index contributed by atoms with van der Waals surface area (Å²) in [6.45, 7) is 4.24. The molecule has 1 amide bonds. The summed E-state index contributed by atoms with van der Waals surface area (Å²) in [5.74, 6) is 0.757. The standard InChI is InChI=1S/C14H20N2OS/c1-4-5-11-7-6-10(2)8-12(11)16-13(17)9-18-14(16)15-3/h6-8,14-15H,4-5,9H2,1-3H3. The molecule has 4 heteroatoms. The van der Waals surface area contributed by atoms with Gasteiger partial charge in [0.1, 0.15) is 5.50 Å². The number of carbonyl (C=O) groups excluding carboxylic acids is 1. The Kier molecular flexibility index (Phi) is 4.30. The summed E-state index contributed by atoms with van der Waals surface area (Å²) in [5, 5.41) is 3.20. The van der Waals surface area contributed by atoms with Crippen LogP contribution in [0.1, 0.15) is 24.5 Å². The highest BCUT2D eigenvalue weighted by Crippen LogP contribution is 2.32. The van der Waals surface area contributed by atoms with E-state index in [1.54, 1.807) is 11.8 Å². The minimum Gasteiger partial charge on any atom is -0.291 e. The summed E-state index contributed by atoms with van der Waals surface area (Å²) in [5.41, 5.74) is 3.60. The third-order valence-corrected chi connectivity index (χ3v) is 4.31. The van der Waals surface area contributed by atoms with E-state index in [1.165, 1.54) is 11.1 Å². The van der Waals surface area contributed by atoms with E-state index < -0.39 is 0 Å². The fourth-order valence-corrected chi connectivity index (χ4v) is 3.26. The molecule has 1 saturated heterocycles. The van der Waals surface area contributed by atoms with Crippen molar-refractivity contribution < 1.29 is 4.79 Å². The van der Waals surface area contributed by atoms with Crippen LogP contribution in [0.5, 0.6) is 0 Å². The maximum Gasteiger partial charge on any atom is 0.239 e. The highest BCUT2D eigenvalue weighted by Gasteiger charge is 2.32. The van der Waals surface area contributed by atoms with Gasteiger partial charge < -0.3 is 0 Å². The van der Waals surface area contributed by atoms with Gasteiger partial charge in [-0.2, -0.15) is 0 Å². The largest absolute Gasteiger partial charge is 0.291 e. The molecule has 2 rings (SSSR count). The number of benzene rings is 1. The molecule has 1 N–H and O–H groups in total. The summed E-state index contributed by atoms with van der Waals surface area (Å²) in [6, 6.07) is 6.40. The van der Waals surface area contributed by atoms with E-state index in [-0.39, 0.29) is 11.4 Å². The first-order chi connectivity index (χ1) is 8.67. The van der Waals surface area contributed by atoms with E-state index in [1.807, 2.05) is 11.9 Å². The highest BCUT2D eigenvalue weighted by molar-refractivity contribution is 8.01. The number of amides is 1. The zero-order valence-electron chi connectivity index (χ0n) is 11.2. The van der Waals surface area contributed by atoms with E-state index in [9.17, 15) is 4.79 Å². The molecule has 0 saturated carbocycles. The van der Waals surface area contributed by atoms with Gasteiger partial charge in [0.15, 0.2) is 0 Å². The second-order valence-electron chi connectivity index (χ2n) is 4.60. The monoisotopic (exact) mass is 264 g/mol. The molecule has 18 heavy (non-hydrogen) atoms. The number of nitrogens with one attached hydrogen (secondary N) is 1. The minimum atomic E-state index is 0.0647. The summed E-state index contributed by atoms with van der Waals surface area (Å²) >= 11 is 1.65. The summed E-state index contributed by atoms with van der Waals surface area (Å²) in [4.78, 5) is 14.0. The van der Waals surface area contributed by atoms with E-state index >= 15 is 0 Å². The quantitative estimate of drug-likeness (QED) is 0.907. The second kappa shape index (κ2) is 5.76. The number of hydrogen-bond acceptors (Lipinski definition) is 3. The maximum absolute atomic E-state index is 12.1. The molecule has 1 atom stereocenters. The van der Waals surface area contributed by atoms with Gasteiger partial charge in [-0.1, -0.05) is 25.5 Å². The molecule has 1 heterocycles. The van der Waals surface area contributed by atoms with E-state index in [4.69, 9.17) is 0 Å². The molecule has 1 aliphatic rings. The van der Waals surface area contributed by atoms with Crippen LogP contribution in [0.15, 0.2) is 18.2 Å². The van der Waals surface area contributed by atoms with Gasteiger partial charge in [0.05, 0.1) is 5.75 Å². The van der Waals surface area contributed by atoms with Crippen LogP contribution in [0.25, 0.3) is 0 Å². The Morgan fingerprint density at radius 1 is 1.50 bits per heavy atom. The summed E-state index contributed by atoms with van der Waals surface area (Å²) in [7, 11) is 1.90. The Balaban J connectivity index is 2.41. The first-order valence-electron chi connectivity index (χ1n) is 6.37. The fourth-order valence-electron chi connectivity index (χ4n) is 2.28. The van der Waals surface area contributed by atoms with Crippen molar-refractivity contribution in [3.63, 3.8) is 0 Å². The van der Waals surface area contributed by atoms with Crippen LogP contribution in [0.3, 0.4) is 0 Å². The van der Waals surface area contributed by atoms with Crippen molar-refractivity contribution >= 4 is 23.4 Å². The van der Waals surface area contributed by atoms with Gasteiger partial charge in [0.25, 0.3) is 0 Å². The van der Waals surface area contributed by atoms with Crippen LogP contribution in [0.4, 0.5) is 5.69 Å². The Morgan fingerprint density at radius 2 is 2.28 bits per heavy atom. The SMILES string of the molecule is CCCc1ccc(C)cc1N1C(=O)CSC1NC. The van der Waals surface area contributed by atoms with E-state index in [0.717, 1.165) is 18.5 Å². The van der Waals surface area contributed by atoms with Crippen LogP contribution < -0.4 is 10.2 Å². The molecule has 1 aliphatic heterocycles. The topological polar surface area (TPSA) is 32.3 Å². The molecule has 0 aliphatic carbocycles. The van der Waals surface area contributed by atoms with Crippen LogP contribution in [0.2, 0.25) is 0 Å². The lowest BCUT2D eigenvalue weighted by molar-refractivity contribution is -0.115. The normalized spacial score (nSPS) is 19.6. The first kappa shape index (κ1) is 13.4. The molecule has 1 fully saturated rings. The smallest absolute Gasteiger partial charge is 0.239 e. The fraction of sp³-hybridized carbons (Fsp3) is 0.500. The lowest BCUT2D eigenvalue weighted by atomic mass is 10.0. The molecular weight excluding hydrogens is 244 g/mol. The number of nitrogens with zero attached hydrogens (tertiary/aromatic N) is 1. The third-order valence-electron chi connectivity index (χ3n) is 3.13. The number of thioether (sulfide) groups is 1. The Morgan fingerprint density at radius 3 is 2.94 bits per heavy atom. The molecule has 0 spiro atoms. The highest BCUT2D eigenvalue weighted by atomic mass is 32.2. The number of hydrogen-bond donors (Lipinski definition) is 1. The van der Waals surface area contributed by atoms with Crippen LogP contribution >= 0.6 is 11.8 Å². The van der Waals surface area contributed by atoms with Gasteiger partial charge in [-0.05, 0) is 37.6 Å². The van der Waals surface area contributed by atoms with Gasteiger partial charge in [-0.3, -0.25) is 15.0 Å². The van der Waals surface area contributed by atoms with Gasteiger partial charge in [-0.25, -0.2) is 0 Å². The zero-order valence-corrected chi connectivity index (χ0v) is 12.0. The molecule has 3 nitrogen and oxygen atoms in total. The number of rotatable bonds is 4. The first-order valence-corrected chi connectivity index (χ1v) is 7.42. The maximum atomic E-state index is 12.1. The van der Waals surface area contributed by atoms with Gasteiger partial charge in [-0.15, -0.1) is 11.8 Å².